The summed E-state index contributed by atoms with van der Waals surface area (Å²) in [5, 5.41) is 6.74. The molecule has 0 saturated heterocycles. The van der Waals surface area contributed by atoms with Gasteiger partial charge in [0.05, 0.1) is 5.56 Å². The van der Waals surface area contributed by atoms with Crippen molar-refractivity contribution in [3.8, 4) is 5.82 Å². The van der Waals surface area contributed by atoms with Gasteiger partial charge in [-0.15, -0.1) is 0 Å². The molecule has 6 nitrogen and oxygen atoms in total. The lowest BCUT2D eigenvalue weighted by molar-refractivity contribution is 0.0953. The van der Waals surface area contributed by atoms with Crippen molar-refractivity contribution in [3.05, 3.63) is 36.5 Å². The summed E-state index contributed by atoms with van der Waals surface area (Å²) in [4.78, 5) is 19.6. The Morgan fingerprint density at radius 2 is 2.35 bits per heavy atom. The van der Waals surface area contributed by atoms with Crippen LogP contribution < -0.4 is 5.32 Å². The molecular formula is C11H13N5O. The van der Waals surface area contributed by atoms with Crippen LogP contribution in [0, 0.1) is 0 Å². The topological polar surface area (TPSA) is 72.7 Å². The second kappa shape index (κ2) is 5.20. The molecule has 0 unspecified atom stereocenters. The van der Waals surface area contributed by atoms with Crippen molar-refractivity contribution in [2.75, 3.05) is 6.54 Å². The Balaban J connectivity index is 2.10. The Morgan fingerprint density at radius 3 is 2.94 bits per heavy atom. The highest BCUT2D eigenvalue weighted by Gasteiger charge is 2.05. The fourth-order valence-corrected chi connectivity index (χ4v) is 1.32. The number of hydrogen-bond donors (Lipinski definition) is 1. The molecule has 2 rings (SSSR count). The number of pyridine rings is 1. The van der Waals surface area contributed by atoms with Crippen LogP contribution in [0.5, 0.6) is 0 Å². The van der Waals surface area contributed by atoms with E-state index in [-0.39, 0.29) is 5.91 Å². The molecule has 0 spiro atoms. The molecule has 2 aromatic heterocycles. The van der Waals surface area contributed by atoms with Crippen LogP contribution in [0.4, 0.5) is 0 Å². The number of nitrogens with zero attached hydrogens (tertiary/aromatic N) is 4. The summed E-state index contributed by atoms with van der Waals surface area (Å²) in [7, 11) is 0. The van der Waals surface area contributed by atoms with Gasteiger partial charge in [0.25, 0.3) is 5.91 Å². The summed E-state index contributed by atoms with van der Waals surface area (Å²) in [6.07, 6.45) is 5.43. The molecule has 0 bridgehead atoms. The van der Waals surface area contributed by atoms with Gasteiger partial charge >= 0.3 is 0 Å². The predicted molar refractivity (Wildman–Crippen MR) is 61.8 cm³/mol. The molecule has 2 heterocycles. The van der Waals surface area contributed by atoms with E-state index in [4.69, 9.17) is 0 Å². The molecule has 88 valence electrons. The summed E-state index contributed by atoms with van der Waals surface area (Å²) >= 11 is 0. The quantitative estimate of drug-likeness (QED) is 0.844. The Kier molecular flexibility index (Phi) is 3.44. The number of carbonyl (C=O) groups excluding carboxylic acids is 1. The van der Waals surface area contributed by atoms with Crippen LogP contribution in [0.3, 0.4) is 0 Å². The van der Waals surface area contributed by atoms with E-state index in [0.29, 0.717) is 17.9 Å². The zero-order chi connectivity index (χ0) is 12.1. The Labute approximate surface area is 98.7 Å². The van der Waals surface area contributed by atoms with Gasteiger partial charge in [-0.25, -0.2) is 14.6 Å². The number of rotatable bonds is 4. The summed E-state index contributed by atoms with van der Waals surface area (Å²) in [5.74, 6) is 0.527. The average molecular weight is 231 g/mol. The molecule has 0 saturated carbocycles. The van der Waals surface area contributed by atoms with Crippen LogP contribution >= 0.6 is 0 Å². The molecule has 0 radical (unpaired) electrons. The number of aromatic nitrogens is 4. The SMILES string of the molecule is CCCNC(=O)c1ccc(-n2cncn2)nc1. The number of carbonyl (C=O) groups is 1. The van der Waals surface area contributed by atoms with Crippen molar-refractivity contribution in [1.82, 2.24) is 25.1 Å². The van der Waals surface area contributed by atoms with Gasteiger partial charge in [0.15, 0.2) is 5.82 Å². The lowest BCUT2D eigenvalue weighted by atomic mass is 10.2. The lowest BCUT2D eigenvalue weighted by Crippen LogP contribution is -2.24. The predicted octanol–water partition coefficient (Wildman–Crippen LogP) is 0.802. The molecule has 6 heteroatoms. The van der Waals surface area contributed by atoms with Gasteiger partial charge in [0.2, 0.25) is 0 Å². The minimum atomic E-state index is -0.107. The summed E-state index contributed by atoms with van der Waals surface area (Å²) in [5.41, 5.74) is 0.544. The molecule has 1 amide bonds. The monoisotopic (exact) mass is 231 g/mol. The summed E-state index contributed by atoms with van der Waals surface area (Å²) in [6, 6.07) is 3.45. The first-order valence-corrected chi connectivity index (χ1v) is 5.40. The molecule has 0 aliphatic heterocycles. The highest BCUT2D eigenvalue weighted by atomic mass is 16.1. The molecule has 1 N–H and O–H groups in total. The van der Waals surface area contributed by atoms with E-state index < -0.39 is 0 Å². The smallest absolute Gasteiger partial charge is 0.252 e. The van der Waals surface area contributed by atoms with Crippen molar-refractivity contribution < 1.29 is 4.79 Å². The number of hydrogen-bond acceptors (Lipinski definition) is 4. The van der Waals surface area contributed by atoms with Crippen molar-refractivity contribution in [3.63, 3.8) is 0 Å². The van der Waals surface area contributed by atoms with Crippen molar-refractivity contribution in [1.29, 1.82) is 0 Å². The highest BCUT2D eigenvalue weighted by Crippen LogP contribution is 2.03. The van der Waals surface area contributed by atoms with E-state index in [1.54, 1.807) is 18.5 Å². The minimum Gasteiger partial charge on any atom is -0.352 e. The molecular weight excluding hydrogens is 218 g/mol. The third-order valence-corrected chi connectivity index (χ3v) is 2.20. The van der Waals surface area contributed by atoms with Crippen molar-refractivity contribution in [2.45, 2.75) is 13.3 Å². The minimum absolute atomic E-state index is 0.107. The third-order valence-electron chi connectivity index (χ3n) is 2.20. The van der Waals surface area contributed by atoms with Crippen LogP contribution in [-0.2, 0) is 0 Å². The maximum absolute atomic E-state index is 11.6. The molecule has 0 atom stereocenters. The molecule has 0 aliphatic carbocycles. The first-order chi connectivity index (χ1) is 8.31. The summed E-state index contributed by atoms with van der Waals surface area (Å²) in [6.45, 7) is 2.68. The Bertz CT molecular complexity index is 477. The largest absolute Gasteiger partial charge is 0.352 e. The Hall–Kier alpha value is -2.24. The standard InChI is InChI=1S/C11H13N5O/c1-2-5-13-11(17)9-3-4-10(14-6-9)16-8-12-7-15-16/h3-4,6-8H,2,5H2,1H3,(H,13,17). The normalized spacial score (nSPS) is 10.2. The second-order valence-corrected chi connectivity index (χ2v) is 3.50. The maximum atomic E-state index is 11.6. The average Bonchev–Trinajstić information content (AvgIpc) is 2.90. The van der Waals surface area contributed by atoms with E-state index in [2.05, 4.69) is 20.4 Å². The fraction of sp³-hybridized carbons (Fsp3) is 0.273. The third kappa shape index (κ3) is 2.66. The second-order valence-electron chi connectivity index (χ2n) is 3.50. The van der Waals surface area contributed by atoms with Gasteiger partial charge in [-0.1, -0.05) is 6.92 Å². The van der Waals surface area contributed by atoms with Crippen LogP contribution in [0.25, 0.3) is 5.82 Å². The fourth-order valence-electron chi connectivity index (χ4n) is 1.32. The van der Waals surface area contributed by atoms with Gasteiger partial charge in [-0.3, -0.25) is 4.79 Å². The van der Waals surface area contributed by atoms with E-state index in [1.165, 1.54) is 17.2 Å². The zero-order valence-corrected chi connectivity index (χ0v) is 9.50. The molecule has 17 heavy (non-hydrogen) atoms. The zero-order valence-electron chi connectivity index (χ0n) is 9.50. The van der Waals surface area contributed by atoms with Crippen molar-refractivity contribution >= 4 is 5.91 Å². The van der Waals surface area contributed by atoms with E-state index in [0.717, 1.165) is 6.42 Å². The Morgan fingerprint density at radius 1 is 1.47 bits per heavy atom. The summed E-state index contributed by atoms with van der Waals surface area (Å²) < 4.78 is 1.54. The van der Waals surface area contributed by atoms with E-state index >= 15 is 0 Å². The van der Waals surface area contributed by atoms with E-state index in [9.17, 15) is 4.79 Å². The van der Waals surface area contributed by atoms with Crippen LogP contribution in [-0.4, -0.2) is 32.2 Å². The van der Waals surface area contributed by atoms with E-state index in [1.807, 2.05) is 6.92 Å². The lowest BCUT2D eigenvalue weighted by Gasteiger charge is -2.04. The molecule has 2 aromatic rings. The first-order valence-electron chi connectivity index (χ1n) is 5.40. The molecule has 0 fully saturated rings. The molecule has 0 aromatic carbocycles. The van der Waals surface area contributed by atoms with Gasteiger partial charge in [-0.2, -0.15) is 5.10 Å². The van der Waals surface area contributed by atoms with Crippen LogP contribution in [0.2, 0.25) is 0 Å². The number of nitrogens with one attached hydrogen (secondary N) is 1. The van der Waals surface area contributed by atoms with Gasteiger partial charge < -0.3 is 5.32 Å². The number of amides is 1. The van der Waals surface area contributed by atoms with Gasteiger partial charge in [-0.05, 0) is 18.6 Å². The molecule has 0 aliphatic rings. The van der Waals surface area contributed by atoms with Crippen LogP contribution in [0.15, 0.2) is 31.0 Å². The van der Waals surface area contributed by atoms with Crippen LogP contribution in [0.1, 0.15) is 23.7 Å². The first kappa shape index (κ1) is 11.3. The highest BCUT2D eigenvalue weighted by molar-refractivity contribution is 5.93. The maximum Gasteiger partial charge on any atom is 0.252 e. The van der Waals surface area contributed by atoms with Gasteiger partial charge in [0.1, 0.15) is 12.7 Å². The van der Waals surface area contributed by atoms with Crippen molar-refractivity contribution in [2.24, 2.45) is 0 Å². The van der Waals surface area contributed by atoms with Gasteiger partial charge in [0, 0.05) is 12.7 Å².